The van der Waals surface area contributed by atoms with Gasteiger partial charge in [0.2, 0.25) is 0 Å². The fraction of sp³-hybridized carbons (Fsp3) is 0.100. The summed E-state index contributed by atoms with van der Waals surface area (Å²) in [6.45, 7) is -0.0898. The lowest BCUT2D eigenvalue weighted by Crippen LogP contribution is -1.99. The van der Waals surface area contributed by atoms with Gasteiger partial charge in [-0.25, -0.2) is 4.79 Å². The number of ether oxygens (including phenoxy) is 1. The Morgan fingerprint density at radius 3 is 2.88 bits per heavy atom. The van der Waals surface area contributed by atoms with Crippen molar-refractivity contribution in [2.75, 3.05) is 6.61 Å². The molecule has 1 aromatic rings. The summed E-state index contributed by atoms with van der Waals surface area (Å²) in [6, 6.07) is 3.90. The first-order valence-corrected chi connectivity index (χ1v) is 4.84. The van der Waals surface area contributed by atoms with E-state index in [0.29, 0.717) is 5.02 Å². The first-order chi connectivity index (χ1) is 8.00. The monoisotopic (exact) mass is 257 g/mol. The van der Waals surface area contributed by atoms with Crippen molar-refractivity contribution in [3.05, 3.63) is 45.5 Å². The van der Waals surface area contributed by atoms with Gasteiger partial charge < -0.3 is 9.84 Å². The first-order valence-electron chi connectivity index (χ1n) is 4.47. The molecule has 0 aliphatic rings. The Bertz CT molecular complexity index is 472. The molecule has 0 amide bonds. The van der Waals surface area contributed by atoms with Crippen LogP contribution in [0.15, 0.2) is 30.4 Å². The maximum absolute atomic E-state index is 10.6. The van der Waals surface area contributed by atoms with E-state index in [1.165, 1.54) is 24.3 Å². The van der Waals surface area contributed by atoms with E-state index in [2.05, 4.69) is 0 Å². The fourth-order valence-corrected chi connectivity index (χ4v) is 1.20. The molecule has 17 heavy (non-hydrogen) atoms. The SMILES string of the molecule is O=C(O)/C=C/COc1cc(Cl)ccc1[N+](=O)[O-]. The van der Waals surface area contributed by atoms with Crippen molar-refractivity contribution in [3.8, 4) is 5.75 Å². The van der Waals surface area contributed by atoms with E-state index in [1.54, 1.807) is 0 Å². The highest BCUT2D eigenvalue weighted by atomic mass is 35.5. The summed E-state index contributed by atoms with van der Waals surface area (Å²) in [7, 11) is 0. The van der Waals surface area contributed by atoms with Crippen LogP contribution >= 0.6 is 11.6 Å². The number of nitro benzene ring substituents is 1. The summed E-state index contributed by atoms with van der Waals surface area (Å²) in [4.78, 5) is 20.2. The average Bonchev–Trinajstić information content (AvgIpc) is 2.23. The quantitative estimate of drug-likeness (QED) is 0.496. The lowest BCUT2D eigenvalue weighted by Gasteiger charge is -2.04. The number of rotatable bonds is 5. The molecule has 0 heterocycles. The molecule has 0 aromatic heterocycles. The molecule has 0 fully saturated rings. The van der Waals surface area contributed by atoms with Crippen LogP contribution in [0.1, 0.15) is 0 Å². The Balaban J connectivity index is 2.78. The van der Waals surface area contributed by atoms with E-state index in [-0.39, 0.29) is 18.0 Å². The standard InChI is InChI=1S/C10H8ClNO5/c11-7-3-4-8(12(15)16)9(6-7)17-5-1-2-10(13)14/h1-4,6H,5H2,(H,13,14)/b2-1+. The van der Waals surface area contributed by atoms with Crippen LogP contribution in [0, 0.1) is 10.1 Å². The van der Waals surface area contributed by atoms with Gasteiger partial charge in [-0.3, -0.25) is 10.1 Å². The van der Waals surface area contributed by atoms with E-state index in [1.807, 2.05) is 0 Å². The van der Waals surface area contributed by atoms with Gasteiger partial charge in [-0.15, -0.1) is 0 Å². The summed E-state index contributed by atoms with van der Waals surface area (Å²) >= 11 is 5.67. The molecule has 0 saturated heterocycles. The molecule has 1 N–H and O–H groups in total. The van der Waals surface area contributed by atoms with Crippen molar-refractivity contribution in [2.24, 2.45) is 0 Å². The summed E-state index contributed by atoms with van der Waals surface area (Å²) in [5.41, 5.74) is -0.224. The predicted molar refractivity (Wildman–Crippen MR) is 60.4 cm³/mol. The van der Waals surface area contributed by atoms with E-state index in [0.717, 1.165) is 6.08 Å². The molecule has 90 valence electrons. The average molecular weight is 258 g/mol. The largest absolute Gasteiger partial charge is 0.483 e. The highest BCUT2D eigenvalue weighted by Gasteiger charge is 2.14. The van der Waals surface area contributed by atoms with Gasteiger partial charge in [0.1, 0.15) is 6.61 Å². The van der Waals surface area contributed by atoms with Crippen molar-refractivity contribution in [1.29, 1.82) is 0 Å². The minimum absolute atomic E-state index is 0.00228. The first kappa shape index (κ1) is 13.0. The third-order valence-corrected chi connectivity index (χ3v) is 1.95. The van der Waals surface area contributed by atoms with Gasteiger partial charge in [-0.1, -0.05) is 11.6 Å². The second-order valence-corrected chi connectivity index (χ2v) is 3.36. The number of aliphatic carboxylic acids is 1. The highest BCUT2D eigenvalue weighted by molar-refractivity contribution is 6.30. The molecule has 0 bridgehead atoms. The van der Waals surface area contributed by atoms with Crippen LogP contribution in [0.4, 0.5) is 5.69 Å². The molecule has 0 radical (unpaired) electrons. The Labute approximate surface area is 101 Å². The summed E-state index contributed by atoms with van der Waals surface area (Å²) < 4.78 is 5.05. The van der Waals surface area contributed by atoms with Gasteiger partial charge >= 0.3 is 11.7 Å². The van der Waals surface area contributed by atoms with Crippen molar-refractivity contribution in [3.63, 3.8) is 0 Å². The maximum atomic E-state index is 10.6. The number of nitro groups is 1. The molecule has 1 rings (SSSR count). The maximum Gasteiger partial charge on any atom is 0.328 e. The zero-order valence-electron chi connectivity index (χ0n) is 8.50. The predicted octanol–water partition coefficient (Wildman–Crippen LogP) is 2.27. The van der Waals surface area contributed by atoms with Gasteiger partial charge in [-0.05, 0) is 12.1 Å². The van der Waals surface area contributed by atoms with Crippen molar-refractivity contribution in [1.82, 2.24) is 0 Å². The number of carbonyl (C=O) groups is 1. The second kappa shape index (κ2) is 5.86. The van der Waals surface area contributed by atoms with Gasteiger partial charge in [0.05, 0.1) is 4.92 Å². The van der Waals surface area contributed by atoms with Crippen LogP contribution in [0.3, 0.4) is 0 Å². The minimum atomic E-state index is -1.12. The Kier molecular flexibility index (Phi) is 4.47. The number of carboxylic acid groups (broad SMARTS) is 1. The molecular formula is C10H8ClNO5. The van der Waals surface area contributed by atoms with Crippen molar-refractivity contribution in [2.45, 2.75) is 0 Å². The smallest absolute Gasteiger partial charge is 0.328 e. The molecule has 6 nitrogen and oxygen atoms in total. The number of benzene rings is 1. The number of carboxylic acids is 1. The topological polar surface area (TPSA) is 89.7 Å². The molecule has 0 aliphatic heterocycles. The molecule has 1 aromatic carbocycles. The van der Waals surface area contributed by atoms with Gasteiger partial charge in [0, 0.05) is 23.2 Å². The Morgan fingerprint density at radius 1 is 1.59 bits per heavy atom. The minimum Gasteiger partial charge on any atom is -0.483 e. The van der Waals surface area contributed by atoms with Gasteiger partial charge in [-0.2, -0.15) is 0 Å². The molecular weight excluding hydrogens is 250 g/mol. The van der Waals surface area contributed by atoms with Gasteiger partial charge in [0.15, 0.2) is 5.75 Å². The molecule has 7 heteroatoms. The molecule has 0 aliphatic carbocycles. The van der Waals surface area contributed by atoms with Crippen LogP contribution in [0.2, 0.25) is 5.02 Å². The molecule has 0 spiro atoms. The summed E-state index contributed by atoms with van der Waals surface area (Å²) in [5, 5.41) is 19.3. The third-order valence-electron chi connectivity index (χ3n) is 1.71. The van der Waals surface area contributed by atoms with Crippen molar-refractivity contribution >= 4 is 23.3 Å². The zero-order valence-corrected chi connectivity index (χ0v) is 9.26. The van der Waals surface area contributed by atoms with E-state index in [9.17, 15) is 14.9 Å². The van der Waals surface area contributed by atoms with Crippen LogP contribution in [-0.4, -0.2) is 22.6 Å². The number of halogens is 1. The van der Waals surface area contributed by atoms with Crippen LogP contribution < -0.4 is 4.74 Å². The molecule has 0 unspecified atom stereocenters. The van der Waals surface area contributed by atoms with Crippen LogP contribution in [-0.2, 0) is 4.79 Å². The van der Waals surface area contributed by atoms with Gasteiger partial charge in [0.25, 0.3) is 0 Å². The lowest BCUT2D eigenvalue weighted by molar-refractivity contribution is -0.385. The number of nitrogens with zero attached hydrogens (tertiary/aromatic N) is 1. The summed E-state index contributed by atoms with van der Waals surface area (Å²) in [5.74, 6) is -1.12. The normalized spacial score (nSPS) is 10.4. The Hall–Kier alpha value is -2.08. The van der Waals surface area contributed by atoms with Crippen LogP contribution in [0.25, 0.3) is 0 Å². The number of hydrogen-bond acceptors (Lipinski definition) is 4. The van der Waals surface area contributed by atoms with E-state index in [4.69, 9.17) is 21.4 Å². The number of hydrogen-bond donors (Lipinski definition) is 1. The third kappa shape index (κ3) is 4.12. The fourth-order valence-electron chi connectivity index (χ4n) is 1.04. The zero-order chi connectivity index (χ0) is 12.8. The van der Waals surface area contributed by atoms with E-state index >= 15 is 0 Å². The van der Waals surface area contributed by atoms with E-state index < -0.39 is 10.9 Å². The van der Waals surface area contributed by atoms with Crippen LogP contribution in [0.5, 0.6) is 5.75 Å². The summed E-state index contributed by atoms with van der Waals surface area (Å²) in [6.07, 6.45) is 2.11. The lowest BCUT2D eigenvalue weighted by atomic mass is 10.3. The molecule has 0 saturated carbocycles. The molecule has 0 atom stereocenters. The van der Waals surface area contributed by atoms with Crippen molar-refractivity contribution < 1.29 is 19.6 Å². The highest BCUT2D eigenvalue weighted by Crippen LogP contribution is 2.29. The Morgan fingerprint density at radius 2 is 2.29 bits per heavy atom. The second-order valence-electron chi connectivity index (χ2n) is 2.92.